The van der Waals surface area contributed by atoms with Gasteiger partial charge < -0.3 is 20.1 Å². The third-order valence-corrected chi connectivity index (χ3v) is 8.80. The van der Waals surface area contributed by atoms with E-state index in [9.17, 15) is 18.0 Å². The number of aliphatic carboxylic acids is 1. The van der Waals surface area contributed by atoms with Gasteiger partial charge in [0.15, 0.2) is 0 Å². The van der Waals surface area contributed by atoms with Crippen molar-refractivity contribution >= 4 is 23.5 Å². The number of hydrogen-bond donors (Lipinski definition) is 1. The fourth-order valence-corrected chi connectivity index (χ4v) is 6.91. The molecule has 1 aromatic carbocycles. The van der Waals surface area contributed by atoms with Crippen LogP contribution in [0.2, 0.25) is 5.15 Å². The molecule has 2 saturated heterocycles. The molecule has 2 aliphatic heterocycles. The highest BCUT2D eigenvalue weighted by molar-refractivity contribution is 6.29. The molecular weight excluding hydrogens is 531 g/mol. The fourth-order valence-electron chi connectivity index (χ4n) is 6.74. The lowest BCUT2D eigenvalue weighted by atomic mass is 9.65. The summed E-state index contributed by atoms with van der Waals surface area (Å²) in [6.45, 7) is 7.27. The average Bonchev–Trinajstić information content (AvgIpc) is 3.32. The van der Waals surface area contributed by atoms with E-state index in [-0.39, 0.29) is 11.3 Å². The number of halogens is 4. The minimum absolute atomic E-state index is 0.0269. The Hall–Kier alpha value is -2.65. The van der Waals surface area contributed by atoms with E-state index in [2.05, 4.69) is 65.4 Å². The lowest BCUT2D eigenvalue weighted by Crippen LogP contribution is -2.82. The van der Waals surface area contributed by atoms with Gasteiger partial charge in [-0.1, -0.05) is 61.8 Å². The monoisotopic (exact) mass is 565 g/mol. The molecule has 4 atom stereocenters. The second-order valence-corrected chi connectivity index (χ2v) is 11.6. The van der Waals surface area contributed by atoms with Gasteiger partial charge in [-0.05, 0) is 61.1 Å². The lowest BCUT2D eigenvalue weighted by Gasteiger charge is -2.45. The molecule has 1 aromatic heterocycles. The van der Waals surface area contributed by atoms with Crippen LogP contribution in [0.15, 0.2) is 42.5 Å². The molecule has 0 saturated carbocycles. The smallest absolute Gasteiger partial charge is 0.430 e. The predicted molar refractivity (Wildman–Crippen MR) is 139 cm³/mol. The van der Waals surface area contributed by atoms with Crippen molar-refractivity contribution < 1.29 is 33.2 Å². The van der Waals surface area contributed by atoms with E-state index < -0.39 is 12.1 Å². The lowest BCUT2D eigenvalue weighted by molar-refractivity contribution is -0.640. The Balaban J connectivity index is 0.000000448. The standard InChI is InChI=1S/C27H34ClN3O.C2HF3O2/c1-18(2)24-15-20(19-7-4-3-5-8-19)12-14-31(24)26(32)22-16-29-17-27(22)13-6-9-23-21(27)10-11-25(28)30-23;3-2(4,5)1(6)7/h3-5,7-8,10-11,18,20,22,24,29H,6,9,12-17H2,1-2H3;(H,6,7)/t20?,22-,24?,27-;/m0./s1. The van der Waals surface area contributed by atoms with E-state index in [0.717, 1.165) is 57.4 Å². The zero-order valence-electron chi connectivity index (χ0n) is 22.2. The van der Waals surface area contributed by atoms with Gasteiger partial charge in [-0.25, -0.2) is 4.98 Å². The molecular formula is C29H35ClF3N3O3. The first-order valence-electron chi connectivity index (χ1n) is 13.5. The number of nitrogens with two attached hydrogens (primary N) is 1. The van der Waals surface area contributed by atoms with Crippen LogP contribution in [0, 0.1) is 11.8 Å². The Morgan fingerprint density at radius 1 is 1.18 bits per heavy atom. The Bertz CT molecular complexity index is 1180. The topological polar surface area (TPSA) is 89.9 Å². The summed E-state index contributed by atoms with van der Waals surface area (Å²) in [6.07, 6.45) is 0.0428. The Morgan fingerprint density at radius 3 is 2.51 bits per heavy atom. The number of benzene rings is 1. The second kappa shape index (κ2) is 11.8. The van der Waals surface area contributed by atoms with E-state index >= 15 is 0 Å². The molecule has 2 unspecified atom stereocenters. The van der Waals surface area contributed by atoms with E-state index in [0.29, 0.717) is 28.9 Å². The first-order valence-corrected chi connectivity index (χ1v) is 13.9. The molecule has 1 spiro atoms. The van der Waals surface area contributed by atoms with Crippen LogP contribution in [-0.2, 0) is 21.4 Å². The number of pyridine rings is 1. The summed E-state index contributed by atoms with van der Waals surface area (Å²) in [4.78, 5) is 29.9. The number of carbonyl (C=O) groups is 2. The molecule has 0 bridgehead atoms. The van der Waals surface area contributed by atoms with E-state index in [1.165, 1.54) is 11.1 Å². The number of aromatic nitrogens is 1. The molecule has 2 fully saturated rings. The maximum atomic E-state index is 14.2. The zero-order chi connectivity index (χ0) is 28.4. The first-order chi connectivity index (χ1) is 18.4. The first kappa shape index (κ1) is 29.3. The molecule has 2 aromatic rings. The fraction of sp³-hybridized carbons (Fsp3) is 0.552. The number of piperidine rings is 1. The van der Waals surface area contributed by atoms with Crippen LogP contribution in [0.4, 0.5) is 13.2 Å². The molecule has 2 N–H and O–H groups in total. The number of hydrogen-bond acceptors (Lipinski definition) is 4. The van der Waals surface area contributed by atoms with Crippen LogP contribution in [0.3, 0.4) is 0 Å². The number of likely N-dealkylation sites (tertiary alicyclic amines) is 1. The van der Waals surface area contributed by atoms with Gasteiger partial charge in [-0.2, -0.15) is 13.2 Å². The van der Waals surface area contributed by atoms with Gasteiger partial charge in [0.2, 0.25) is 5.91 Å². The van der Waals surface area contributed by atoms with Crippen LogP contribution in [-0.4, -0.2) is 53.6 Å². The van der Waals surface area contributed by atoms with Gasteiger partial charge in [-0.15, -0.1) is 0 Å². The van der Waals surface area contributed by atoms with Crippen molar-refractivity contribution in [3.63, 3.8) is 0 Å². The summed E-state index contributed by atoms with van der Waals surface area (Å²) in [5.41, 5.74) is 3.71. The third kappa shape index (κ3) is 6.24. The molecule has 1 aliphatic carbocycles. The van der Waals surface area contributed by atoms with Gasteiger partial charge in [-0.3, -0.25) is 4.79 Å². The van der Waals surface area contributed by atoms with Crippen LogP contribution < -0.4 is 10.4 Å². The summed E-state index contributed by atoms with van der Waals surface area (Å²) in [6, 6.07) is 15.2. The highest BCUT2D eigenvalue weighted by Gasteiger charge is 2.55. The molecule has 3 aliphatic rings. The minimum Gasteiger partial charge on any atom is -0.542 e. The Labute approximate surface area is 231 Å². The Kier molecular flexibility index (Phi) is 8.91. The van der Waals surface area contributed by atoms with E-state index in [4.69, 9.17) is 21.5 Å². The Morgan fingerprint density at radius 2 is 1.87 bits per heavy atom. The van der Waals surface area contributed by atoms with Gasteiger partial charge in [0.25, 0.3) is 0 Å². The van der Waals surface area contributed by atoms with Crippen molar-refractivity contribution in [2.75, 3.05) is 19.6 Å². The van der Waals surface area contributed by atoms with Crippen LogP contribution in [0.25, 0.3) is 0 Å². The number of quaternary nitrogens is 1. The van der Waals surface area contributed by atoms with Crippen LogP contribution >= 0.6 is 11.6 Å². The SMILES string of the molecule is CC(C)C1CC(c2ccccc2)CCN1C(=O)[C@@H]1C[NH2+]C[C@]12CCCc1nc(Cl)ccc12.O=C([O-])C(F)(F)F. The zero-order valence-corrected chi connectivity index (χ0v) is 23.0. The highest BCUT2D eigenvalue weighted by Crippen LogP contribution is 2.45. The number of fused-ring (bicyclic) bond motifs is 2. The summed E-state index contributed by atoms with van der Waals surface area (Å²) in [5, 5.41) is 11.7. The van der Waals surface area contributed by atoms with Crippen molar-refractivity contribution in [3.8, 4) is 0 Å². The largest absolute Gasteiger partial charge is 0.542 e. The number of carbonyl (C=O) groups excluding carboxylic acids is 2. The van der Waals surface area contributed by atoms with Gasteiger partial charge in [0.1, 0.15) is 17.0 Å². The maximum absolute atomic E-state index is 14.2. The highest BCUT2D eigenvalue weighted by atomic mass is 35.5. The molecule has 3 heterocycles. The van der Waals surface area contributed by atoms with Crippen LogP contribution in [0.5, 0.6) is 0 Å². The predicted octanol–water partition coefficient (Wildman–Crippen LogP) is 3.23. The number of amides is 1. The van der Waals surface area contributed by atoms with Gasteiger partial charge >= 0.3 is 6.18 Å². The minimum atomic E-state index is -5.19. The number of carboxylic acid groups (broad SMARTS) is 1. The van der Waals surface area contributed by atoms with Crippen molar-refractivity contribution in [2.24, 2.45) is 11.8 Å². The van der Waals surface area contributed by atoms with Crippen LogP contribution in [0.1, 0.15) is 62.3 Å². The summed E-state index contributed by atoms with van der Waals surface area (Å²) >= 11 is 6.22. The normalized spacial score (nSPS) is 26.6. The van der Waals surface area contributed by atoms with Gasteiger partial charge in [0, 0.05) is 18.3 Å². The summed E-state index contributed by atoms with van der Waals surface area (Å²) < 4.78 is 31.5. The second-order valence-electron chi connectivity index (χ2n) is 11.2. The van der Waals surface area contributed by atoms with Gasteiger partial charge in [0.05, 0.1) is 18.5 Å². The molecule has 212 valence electrons. The number of rotatable bonds is 3. The summed E-state index contributed by atoms with van der Waals surface area (Å²) in [7, 11) is 0. The number of nitrogens with zero attached hydrogens (tertiary/aromatic N) is 2. The molecule has 5 rings (SSSR count). The van der Waals surface area contributed by atoms with E-state index in [1.54, 1.807) is 0 Å². The number of alkyl halides is 3. The molecule has 0 radical (unpaired) electrons. The summed E-state index contributed by atoms with van der Waals surface area (Å²) in [5.74, 6) is -1.62. The molecule has 39 heavy (non-hydrogen) atoms. The van der Waals surface area contributed by atoms with Crippen molar-refractivity contribution in [1.29, 1.82) is 0 Å². The number of aryl methyl sites for hydroxylation is 1. The van der Waals surface area contributed by atoms with Crippen molar-refractivity contribution in [2.45, 2.75) is 69.5 Å². The number of carboxylic acids is 1. The molecule has 10 heteroatoms. The molecule has 6 nitrogen and oxygen atoms in total. The van der Waals surface area contributed by atoms with Crippen molar-refractivity contribution in [3.05, 3.63) is 64.4 Å². The third-order valence-electron chi connectivity index (χ3n) is 8.59. The average molecular weight is 566 g/mol. The molecule has 1 amide bonds. The quantitative estimate of drug-likeness (QED) is 0.579. The van der Waals surface area contributed by atoms with E-state index in [1.807, 2.05) is 6.07 Å². The van der Waals surface area contributed by atoms with Crippen molar-refractivity contribution in [1.82, 2.24) is 9.88 Å². The maximum Gasteiger partial charge on any atom is 0.430 e.